The van der Waals surface area contributed by atoms with Crippen LogP contribution in [0.3, 0.4) is 0 Å². The van der Waals surface area contributed by atoms with Gasteiger partial charge in [-0.05, 0) is 4.92 Å². The average molecular weight is 274 g/mol. The van der Waals surface area contributed by atoms with Crippen molar-refractivity contribution < 1.29 is 9.85 Å². The van der Waals surface area contributed by atoms with E-state index >= 15 is 0 Å². The van der Waals surface area contributed by atoms with Gasteiger partial charge in [-0.2, -0.15) is 10.5 Å². The highest BCUT2D eigenvalue weighted by molar-refractivity contribution is 5.55. The summed E-state index contributed by atoms with van der Waals surface area (Å²) in [6, 6.07) is 3.06. The van der Waals surface area contributed by atoms with Gasteiger partial charge < -0.3 is 10.1 Å². The molecule has 12 nitrogen and oxygen atoms in total. The van der Waals surface area contributed by atoms with Crippen LogP contribution in [0.5, 0.6) is 0 Å². The smallest absolute Gasteiger partial charge is 0.358 e. The normalized spacial score (nSPS) is 9.70. The van der Waals surface area contributed by atoms with E-state index in [2.05, 4.69) is 10.2 Å². The Kier molecular flexibility index (Phi) is 2.82. The number of aromatic amines is 1. The second-order valence-electron chi connectivity index (χ2n) is 3.32. The number of H-pyrrole nitrogens is 1. The van der Waals surface area contributed by atoms with E-state index in [1.807, 2.05) is 5.10 Å². The summed E-state index contributed by atoms with van der Waals surface area (Å²) in [5, 5.41) is 48.0. The first-order valence-electron chi connectivity index (χ1n) is 4.77. The van der Waals surface area contributed by atoms with E-state index in [4.69, 9.17) is 10.5 Å². The minimum absolute atomic E-state index is 0.302. The van der Waals surface area contributed by atoms with Crippen LogP contribution < -0.4 is 0 Å². The molecule has 0 aliphatic rings. The van der Waals surface area contributed by atoms with Gasteiger partial charge in [0.2, 0.25) is 11.5 Å². The Hall–Kier alpha value is -3.80. The van der Waals surface area contributed by atoms with Crippen molar-refractivity contribution in [3.63, 3.8) is 0 Å². The van der Waals surface area contributed by atoms with Crippen LogP contribution >= 0.6 is 0 Å². The molecule has 0 unspecified atom stereocenters. The molecule has 2 heterocycles. The van der Waals surface area contributed by atoms with Gasteiger partial charge >= 0.3 is 11.5 Å². The summed E-state index contributed by atoms with van der Waals surface area (Å²) in [6.45, 7) is 0. The van der Waals surface area contributed by atoms with Crippen LogP contribution in [0.25, 0.3) is 5.82 Å². The van der Waals surface area contributed by atoms with E-state index in [1.54, 1.807) is 6.07 Å². The van der Waals surface area contributed by atoms with E-state index in [-0.39, 0.29) is 5.82 Å². The highest BCUT2D eigenvalue weighted by atomic mass is 16.6. The number of nitrogens with one attached hydrogen (secondary N) is 1. The third kappa shape index (κ3) is 1.79. The van der Waals surface area contributed by atoms with Crippen LogP contribution in [-0.2, 0) is 0 Å². The lowest BCUT2D eigenvalue weighted by Crippen LogP contribution is -1.98. The zero-order valence-corrected chi connectivity index (χ0v) is 9.34. The standard InChI is InChI=1S/C8H2N8O4/c9-1-4-7(11-12-8(4)16(19)20)14-3-6(15(17)18)5(2-10)13-14/h3H,(H,11,12). The summed E-state index contributed by atoms with van der Waals surface area (Å²) in [4.78, 5) is 19.6. The zero-order chi connectivity index (χ0) is 14.9. The molecular formula is C8H2N8O4. The van der Waals surface area contributed by atoms with Crippen LogP contribution in [0.15, 0.2) is 6.20 Å². The lowest BCUT2D eigenvalue weighted by molar-refractivity contribution is -0.389. The van der Waals surface area contributed by atoms with E-state index in [0.717, 1.165) is 10.9 Å². The average Bonchev–Trinajstić information content (AvgIpc) is 3.01. The molecule has 0 atom stereocenters. The van der Waals surface area contributed by atoms with Gasteiger partial charge in [-0.3, -0.25) is 10.1 Å². The number of nitriles is 2. The molecule has 0 aliphatic heterocycles. The molecule has 2 aromatic rings. The van der Waals surface area contributed by atoms with E-state index in [0.29, 0.717) is 0 Å². The van der Waals surface area contributed by atoms with E-state index in [9.17, 15) is 20.2 Å². The van der Waals surface area contributed by atoms with Gasteiger partial charge in [0.1, 0.15) is 18.3 Å². The molecule has 0 amide bonds. The number of hydrogen-bond donors (Lipinski definition) is 1. The molecule has 0 fully saturated rings. The Balaban J connectivity index is 2.65. The van der Waals surface area contributed by atoms with Crippen molar-refractivity contribution in [3.8, 4) is 18.0 Å². The minimum Gasteiger partial charge on any atom is -0.358 e. The number of rotatable bonds is 3. The first-order valence-corrected chi connectivity index (χ1v) is 4.77. The first kappa shape index (κ1) is 12.7. The van der Waals surface area contributed by atoms with Crippen LogP contribution in [0.2, 0.25) is 0 Å². The lowest BCUT2D eigenvalue weighted by atomic mass is 10.3. The molecule has 0 radical (unpaired) electrons. The van der Waals surface area contributed by atoms with Gasteiger partial charge in [0, 0.05) is 0 Å². The fraction of sp³-hybridized carbons (Fsp3) is 0. The Morgan fingerprint density at radius 2 is 1.95 bits per heavy atom. The molecule has 20 heavy (non-hydrogen) atoms. The summed E-state index contributed by atoms with van der Waals surface area (Å²) in [7, 11) is 0. The van der Waals surface area contributed by atoms with Crippen molar-refractivity contribution in [1.29, 1.82) is 10.5 Å². The van der Waals surface area contributed by atoms with Gasteiger partial charge in [0.25, 0.3) is 0 Å². The number of nitrogens with zero attached hydrogens (tertiary/aromatic N) is 7. The zero-order valence-electron chi connectivity index (χ0n) is 9.34. The Morgan fingerprint density at radius 1 is 1.25 bits per heavy atom. The first-order chi connectivity index (χ1) is 9.49. The fourth-order valence-electron chi connectivity index (χ4n) is 1.41. The largest absolute Gasteiger partial charge is 0.363 e. The summed E-state index contributed by atoms with van der Waals surface area (Å²) < 4.78 is 0.763. The SMILES string of the molecule is N#Cc1nn(-c2n[nH]c([N+](=O)[O-])c2C#N)cc1[N+](=O)[O-]. The number of aromatic nitrogens is 4. The van der Waals surface area contributed by atoms with Crippen molar-refractivity contribution in [2.75, 3.05) is 0 Å². The van der Waals surface area contributed by atoms with Gasteiger partial charge in [-0.1, -0.05) is 5.10 Å². The van der Waals surface area contributed by atoms with E-state index in [1.165, 1.54) is 6.07 Å². The number of hydrogen-bond acceptors (Lipinski definition) is 8. The number of nitro groups is 2. The topological polar surface area (TPSA) is 180 Å². The van der Waals surface area contributed by atoms with Crippen LogP contribution in [0, 0.1) is 42.9 Å². The molecule has 12 heteroatoms. The molecule has 0 saturated carbocycles. The van der Waals surface area contributed by atoms with Crippen molar-refractivity contribution >= 4 is 11.5 Å². The van der Waals surface area contributed by atoms with Gasteiger partial charge in [-0.25, -0.2) is 4.68 Å². The molecule has 0 saturated heterocycles. The van der Waals surface area contributed by atoms with E-state index < -0.39 is 32.6 Å². The lowest BCUT2D eigenvalue weighted by Gasteiger charge is -1.92. The molecule has 0 aromatic carbocycles. The molecule has 98 valence electrons. The predicted octanol–water partition coefficient (Wildman–Crippen LogP) is 0.155. The molecule has 0 bridgehead atoms. The summed E-state index contributed by atoms with van der Waals surface area (Å²) in [6.07, 6.45) is 0.847. The summed E-state index contributed by atoms with van der Waals surface area (Å²) >= 11 is 0. The molecular weight excluding hydrogens is 272 g/mol. The quantitative estimate of drug-likeness (QED) is 0.606. The molecule has 2 rings (SSSR count). The van der Waals surface area contributed by atoms with Crippen molar-refractivity contribution in [3.05, 3.63) is 37.7 Å². The second kappa shape index (κ2) is 4.46. The third-order valence-corrected chi connectivity index (χ3v) is 2.24. The highest BCUT2D eigenvalue weighted by Crippen LogP contribution is 2.23. The van der Waals surface area contributed by atoms with Crippen molar-refractivity contribution in [1.82, 2.24) is 20.0 Å². The van der Waals surface area contributed by atoms with Crippen molar-refractivity contribution in [2.45, 2.75) is 0 Å². The summed E-state index contributed by atoms with van der Waals surface area (Å²) in [5.41, 5.74) is -1.54. The summed E-state index contributed by atoms with van der Waals surface area (Å²) in [5.74, 6) is -0.969. The molecule has 2 aromatic heterocycles. The minimum atomic E-state index is -0.863. The van der Waals surface area contributed by atoms with Gasteiger partial charge in [-0.15, -0.1) is 10.2 Å². The Morgan fingerprint density at radius 3 is 2.40 bits per heavy atom. The van der Waals surface area contributed by atoms with Crippen LogP contribution in [0.4, 0.5) is 11.5 Å². The molecule has 0 aliphatic carbocycles. The second-order valence-corrected chi connectivity index (χ2v) is 3.32. The monoisotopic (exact) mass is 274 g/mol. The predicted molar refractivity (Wildman–Crippen MR) is 58.4 cm³/mol. The Bertz CT molecular complexity index is 804. The van der Waals surface area contributed by atoms with Crippen LogP contribution in [0.1, 0.15) is 11.3 Å². The molecule has 1 N–H and O–H groups in total. The maximum atomic E-state index is 10.7. The van der Waals surface area contributed by atoms with Gasteiger partial charge in [0.15, 0.2) is 5.56 Å². The Labute approximate surface area is 108 Å². The maximum absolute atomic E-state index is 10.7. The third-order valence-electron chi connectivity index (χ3n) is 2.24. The molecule has 0 spiro atoms. The van der Waals surface area contributed by atoms with Crippen LogP contribution in [-0.4, -0.2) is 29.8 Å². The van der Waals surface area contributed by atoms with Crippen molar-refractivity contribution in [2.24, 2.45) is 0 Å². The maximum Gasteiger partial charge on any atom is 0.363 e. The fourth-order valence-corrected chi connectivity index (χ4v) is 1.41. The van der Waals surface area contributed by atoms with Gasteiger partial charge in [0.05, 0.1) is 4.92 Å². The highest BCUT2D eigenvalue weighted by Gasteiger charge is 2.27.